The van der Waals surface area contributed by atoms with E-state index in [-0.39, 0.29) is 11.2 Å². The van der Waals surface area contributed by atoms with Crippen LogP contribution in [0.2, 0.25) is 0 Å². The van der Waals surface area contributed by atoms with Crippen molar-refractivity contribution in [2.75, 3.05) is 12.0 Å². The minimum atomic E-state index is -0.303. The van der Waals surface area contributed by atoms with Gasteiger partial charge in [0.25, 0.3) is 5.56 Å². The zero-order valence-corrected chi connectivity index (χ0v) is 8.13. The van der Waals surface area contributed by atoms with Crippen LogP contribution in [0.15, 0.2) is 9.59 Å². The predicted octanol–water partition coefficient (Wildman–Crippen LogP) is -1.44. The van der Waals surface area contributed by atoms with Gasteiger partial charge in [0.15, 0.2) is 0 Å². The first kappa shape index (κ1) is 9.01. The Kier molecular flexibility index (Phi) is 1.92. The predicted molar refractivity (Wildman–Crippen MR) is 52.3 cm³/mol. The molecule has 0 fully saturated rings. The van der Waals surface area contributed by atoms with E-state index in [1.165, 1.54) is 11.6 Å². The van der Waals surface area contributed by atoms with E-state index in [4.69, 9.17) is 0 Å². The molecule has 0 spiro atoms. The fourth-order valence-corrected chi connectivity index (χ4v) is 1.63. The lowest BCUT2D eigenvalue weighted by Gasteiger charge is -2.21. The summed E-state index contributed by atoms with van der Waals surface area (Å²) in [6.07, 6.45) is 0. The Hall–Kier alpha value is -1.56. The molecule has 76 valence electrons. The molecule has 1 aliphatic heterocycles. The zero-order valence-electron chi connectivity index (χ0n) is 8.13. The summed E-state index contributed by atoms with van der Waals surface area (Å²) < 4.78 is 2.57. The van der Waals surface area contributed by atoms with Crippen molar-refractivity contribution in [1.82, 2.24) is 14.5 Å². The van der Waals surface area contributed by atoms with Crippen molar-refractivity contribution in [2.45, 2.75) is 6.54 Å². The zero-order chi connectivity index (χ0) is 10.3. The van der Waals surface area contributed by atoms with Gasteiger partial charge in [0.1, 0.15) is 5.82 Å². The van der Waals surface area contributed by atoms with Gasteiger partial charge in [-0.2, -0.15) is 0 Å². The Morgan fingerprint density at radius 3 is 2.64 bits per heavy atom. The first-order chi connectivity index (χ1) is 6.63. The maximum Gasteiger partial charge on any atom is 0.332 e. The van der Waals surface area contributed by atoms with Crippen LogP contribution in [0.5, 0.6) is 0 Å². The van der Waals surface area contributed by atoms with Gasteiger partial charge in [-0.05, 0) is 0 Å². The molecule has 0 aromatic carbocycles. The van der Waals surface area contributed by atoms with E-state index < -0.39 is 0 Å². The average molecular weight is 196 g/mol. The highest BCUT2D eigenvalue weighted by atomic mass is 16.2. The SMILES string of the molecule is Cn1c2c(c(=O)n(C)c1=O)CNCN2. The molecule has 2 N–H and O–H groups in total. The lowest BCUT2D eigenvalue weighted by Crippen LogP contribution is -2.44. The summed E-state index contributed by atoms with van der Waals surface area (Å²) in [5.41, 5.74) is 0.0757. The van der Waals surface area contributed by atoms with E-state index in [9.17, 15) is 9.59 Å². The minimum Gasteiger partial charge on any atom is -0.358 e. The van der Waals surface area contributed by atoms with Crippen molar-refractivity contribution in [3.05, 3.63) is 26.4 Å². The molecule has 2 heterocycles. The van der Waals surface area contributed by atoms with Gasteiger partial charge in [0, 0.05) is 20.6 Å². The number of anilines is 1. The number of hydrogen-bond acceptors (Lipinski definition) is 4. The molecule has 6 heteroatoms. The van der Waals surface area contributed by atoms with E-state index >= 15 is 0 Å². The van der Waals surface area contributed by atoms with Gasteiger partial charge in [-0.25, -0.2) is 4.79 Å². The van der Waals surface area contributed by atoms with Gasteiger partial charge >= 0.3 is 5.69 Å². The molecule has 1 aromatic heterocycles. The summed E-state index contributed by atoms with van der Waals surface area (Å²) in [6, 6.07) is 0. The summed E-state index contributed by atoms with van der Waals surface area (Å²) in [4.78, 5) is 23.2. The van der Waals surface area contributed by atoms with Crippen LogP contribution >= 0.6 is 0 Å². The standard InChI is InChI=1S/C8H12N4O2/c1-11-6-5(3-9-4-10-6)7(13)12(2)8(11)14/h9-10H,3-4H2,1-2H3. The molecule has 0 saturated carbocycles. The summed E-state index contributed by atoms with van der Waals surface area (Å²) >= 11 is 0. The molecule has 0 saturated heterocycles. The smallest absolute Gasteiger partial charge is 0.332 e. The van der Waals surface area contributed by atoms with Gasteiger partial charge in [-0.15, -0.1) is 0 Å². The van der Waals surface area contributed by atoms with Crippen molar-refractivity contribution < 1.29 is 0 Å². The van der Waals surface area contributed by atoms with Crippen LogP contribution in [0.25, 0.3) is 0 Å². The van der Waals surface area contributed by atoms with E-state index in [2.05, 4.69) is 10.6 Å². The largest absolute Gasteiger partial charge is 0.358 e. The summed E-state index contributed by atoms with van der Waals surface area (Å²) in [6.45, 7) is 1.08. The summed E-state index contributed by atoms with van der Waals surface area (Å²) in [5.74, 6) is 0.622. The number of nitrogens with one attached hydrogen (secondary N) is 2. The quantitative estimate of drug-likeness (QED) is 0.533. The normalized spacial score (nSPS) is 14.7. The fraction of sp³-hybridized carbons (Fsp3) is 0.500. The summed E-state index contributed by atoms with van der Waals surface area (Å²) in [7, 11) is 3.14. The molecule has 0 bridgehead atoms. The average Bonchev–Trinajstić information content (AvgIpc) is 2.23. The molecule has 0 aliphatic carbocycles. The molecule has 0 atom stereocenters. The van der Waals surface area contributed by atoms with Crippen LogP contribution in [-0.2, 0) is 20.6 Å². The van der Waals surface area contributed by atoms with Crippen LogP contribution in [-0.4, -0.2) is 15.8 Å². The molecule has 6 nitrogen and oxygen atoms in total. The molecular formula is C8H12N4O2. The third-order valence-corrected chi connectivity index (χ3v) is 2.44. The second-order valence-corrected chi connectivity index (χ2v) is 3.31. The van der Waals surface area contributed by atoms with Gasteiger partial charge in [0.2, 0.25) is 0 Å². The van der Waals surface area contributed by atoms with Crippen molar-refractivity contribution in [2.24, 2.45) is 14.1 Å². The third-order valence-electron chi connectivity index (χ3n) is 2.44. The Bertz CT molecular complexity index is 485. The summed E-state index contributed by atoms with van der Waals surface area (Å²) in [5, 5.41) is 5.99. The van der Waals surface area contributed by atoms with E-state index in [1.807, 2.05) is 0 Å². The Morgan fingerprint density at radius 1 is 1.21 bits per heavy atom. The number of fused-ring (bicyclic) bond motifs is 1. The molecule has 14 heavy (non-hydrogen) atoms. The van der Waals surface area contributed by atoms with Crippen molar-refractivity contribution in [3.8, 4) is 0 Å². The third kappa shape index (κ3) is 1.07. The van der Waals surface area contributed by atoms with Crippen molar-refractivity contribution in [1.29, 1.82) is 0 Å². The monoisotopic (exact) mass is 196 g/mol. The van der Waals surface area contributed by atoms with E-state index in [1.54, 1.807) is 7.05 Å². The van der Waals surface area contributed by atoms with E-state index in [0.717, 1.165) is 4.57 Å². The molecule has 0 radical (unpaired) electrons. The van der Waals surface area contributed by atoms with Gasteiger partial charge in [0.05, 0.1) is 12.2 Å². The van der Waals surface area contributed by atoms with Gasteiger partial charge in [-0.1, -0.05) is 0 Å². The molecular weight excluding hydrogens is 184 g/mol. The number of rotatable bonds is 0. The fourth-order valence-electron chi connectivity index (χ4n) is 1.63. The second-order valence-electron chi connectivity index (χ2n) is 3.31. The van der Waals surface area contributed by atoms with Crippen LogP contribution in [0.3, 0.4) is 0 Å². The van der Waals surface area contributed by atoms with Gasteiger partial charge in [-0.3, -0.25) is 19.2 Å². The van der Waals surface area contributed by atoms with Crippen LogP contribution in [0.4, 0.5) is 5.82 Å². The number of hydrogen-bond donors (Lipinski definition) is 2. The lowest BCUT2D eigenvalue weighted by molar-refractivity contribution is 0.617. The first-order valence-corrected chi connectivity index (χ1v) is 4.36. The Morgan fingerprint density at radius 2 is 1.93 bits per heavy atom. The Balaban J connectivity index is 2.85. The topological polar surface area (TPSA) is 68.1 Å². The molecule has 2 rings (SSSR count). The van der Waals surface area contributed by atoms with E-state index in [0.29, 0.717) is 24.6 Å². The molecule has 1 aliphatic rings. The van der Waals surface area contributed by atoms with Crippen LogP contribution < -0.4 is 21.9 Å². The number of aromatic nitrogens is 2. The molecule has 0 unspecified atom stereocenters. The highest BCUT2D eigenvalue weighted by Gasteiger charge is 2.17. The number of nitrogens with zero attached hydrogens (tertiary/aromatic N) is 2. The second kappa shape index (κ2) is 2.98. The van der Waals surface area contributed by atoms with Crippen LogP contribution in [0.1, 0.15) is 5.56 Å². The highest BCUT2D eigenvalue weighted by molar-refractivity contribution is 5.45. The first-order valence-electron chi connectivity index (χ1n) is 4.36. The van der Waals surface area contributed by atoms with Crippen molar-refractivity contribution in [3.63, 3.8) is 0 Å². The molecule has 1 aromatic rings. The van der Waals surface area contributed by atoms with Crippen LogP contribution in [0, 0.1) is 0 Å². The van der Waals surface area contributed by atoms with Crippen molar-refractivity contribution >= 4 is 5.82 Å². The Labute approximate surface area is 80.2 Å². The maximum absolute atomic E-state index is 11.7. The highest BCUT2D eigenvalue weighted by Crippen LogP contribution is 2.09. The minimum absolute atomic E-state index is 0.234. The van der Waals surface area contributed by atoms with Gasteiger partial charge < -0.3 is 5.32 Å². The molecule has 0 amide bonds. The lowest BCUT2D eigenvalue weighted by atomic mass is 10.2. The maximum atomic E-state index is 11.7.